The summed E-state index contributed by atoms with van der Waals surface area (Å²) in [6, 6.07) is 4.51. The zero-order chi connectivity index (χ0) is 15.9. The van der Waals surface area contributed by atoms with Gasteiger partial charge >= 0.3 is 12.3 Å². The highest BCUT2D eigenvalue weighted by Gasteiger charge is 2.28. The number of hydrogen-bond donors (Lipinski definition) is 1. The van der Waals surface area contributed by atoms with Gasteiger partial charge in [-0.15, -0.1) is 13.2 Å². The Labute approximate surface area is 118 Å². The summed E-state index contributed by atoms with van der Waals surface area (Å²) in [6.45, 7) is -1.00. The maximum atomic E-state index is 11.8. The van der Waals surface area contributed by atoms with Crippen molar-refractivity contribution in [1.29, 1.82) is 0 Å². The van der Waals surface area contributed by atoms with E-state index in [4.69, 9.17) is 14.6 Å². The smallest absolute Gasteiger partial charge is 0.497 e. The molecule has 21 heavy (non-hydrogen) atoms. The lowest BCUT2D eigenvalue weighted by Gasteiger charge is -2.12. The molecule has 0 aliphatic carbocycles. The molecule has 0 amide bonds. The molecule has 0 heterocycles. The minimum absolute atomic E-state index is 0.221. The molecule has 116 valence electrons. The molecule has 1 rings (SSSR count). The Morgan fingerprint density at radius 1 is 1.33 bits per heavy atom. The van der Waals surface area contributed by atoms with Crippen molar-refractivity contribution in [3.63, 3.8) is 0 Å². The van der Waals surface area contributed by atoms with E-state index in [-0.39, 0.29) is 12.4 Å². The standard InChI is InChI=1S/C13H13F3O5/c1-19-10-3-4-11(9(8-10)2-5-12(17)18)20-6-7-21-13(14,15)16/h2-5,8H,6-7H2,1H3,(H,17,18). The van der Waals surface area contributed by atoms with Crippen molar-refractivity contribution in [3.8, 4) is 11.5 Å². The molecule has 0 saturated heterocycles. The maximum Gasteiger partial charge on any atom is 0.522 e. The third-order valence-electron chi connectivity index (χ3n) is 2.23. The molecule has 5 nitrogen and oxygen atoms in total. The normalized spacial score (nSPS) is 11.6. The SMILES string of the molecule is COc1ccc(OCCOC(F)(F)F)c(C=CC(=O)O)c1. The summed E-state index contributed by atoms with van der Waals surface area (Å²) >= 11 is 0. The Bertz CT molecular complexity index is 511. The minimum atomic E-state index is -4.71. The molecule has 1 N–H and O–H groups in total. The van der Waals surface area contributed by atoms with E-state index in [1.54, 1.807) is 0 Å². The van der Waals surface area contributed by atoms with Crippen LogP contribution in [0.2, 0.25) is 0 Å². The number of ether oxygens (including phenoxy) is 3. The van der Waals surface area contributed by atoms with Gasteiger partial charge in [0.05, 0.1) is 13.7 Å². The third kappa shape index (κ3) is 6.66. The van der Waals surface area contributed by atoms with Crippen molar-refractivity contribution < 1.29 is 37.3 Å². The number of alkyl halides is 3. The molecule has 0 aliphatic heterocycles. The molecule has 0 aromatic heterocycles. The van der Waals surface area contributed by atoms with E-state index >= 15 is 0 Å². The fraction of sp³-hybridized carbons (Fsp3) is 0.308. The Balaban J connectivity index is 2.73. The van der Waals surface area contributed by atoms with Crippen LogP contribution >= 0.6 is 0 Å². The fourth-order valence-corrected chi connectivity index (χ4v) is 1.39. The second-order valence-electron chi connectivity index (χ2n) is 3.72. The van der Waals surface area contributed by atoms with Crippen LogP contribution in [0, 0.1) is 0 Å². The number of methoxy groups -OCH3 is 1. The molecule has 0 atom stereocenters. The Hall–Kier alpha value is -2.22. The first kappa shape index (κ1) is 16.8. The lowest BCUT2D eigenvalue weighted by atomic mass is 10.1. The van der Waals surface area contributed by atoms with Crippen LogP contribution in [0.25, 0.3) is 6.08 Å². The van der Waals surface area contributed by atoms with E-state index in [0.29, 0.717) is 11.3 Å². The number of aliphatic carboxylic acids is 1. The largest absolute Gasteiger partial charge is 0.522 e. The summed E-state index contributed by atoms with van der Waals surface area (Å²) in [7, 11) is 1.43. The monoisotopic (exact) mass is 306 g/mol. The Kier molecular flexibility index (Phi) is 6.04. The van der Waals surface area contributed by atoms with Crippen molar-refractivity contribution in [1.82, 2.24) is 0 Å². The third-order valence-corrected chi connectivity index (χ3v) is 2.23. The average Bonchev–Trinajstić information content (AvgIpc) is 2.40. The van der Waals surface area contributed by atoms with E-state index in [0.717, 1.165) is 6.08 Å². The number of carbonyl (C=O) groups is 1. The van der Waals surface area contributed by atoms with Gasteiger partial charge in [-0.25, -0.2) is 4.79 Å². The number of carboxylic acid groups (broad SMARTS) is 1. The first-order chi connectivity index (χ1) is 9.81. The van der Waals surface area contributed by atoms with Gasteiger partial charge in [0, 0.05) is 11.6 Å². The number of halogens is 3. The molecular formula is C13H13F3O5. The van der Waals surface area contributed by atoms with Crippen LogP contribution in [-0.4, -0.2) is 37.8 Å². The van der Waals surface area contributed by atoms with Gasteiger partial charge in [-0.1, -0.05) is 0 Å². The number of hydrogen-bond acceptors (Lipinski definition) is 4. The van der Waals surface area contributed by atoms with Crippen molar-refractivity contribution in [3.05, 3.63) is 29.8 Å². The molecule has 0 bridgehead atoms. The zero-order valence-electron chi connectivity index (χ0n) is 11.0. The first-order valence-electron chi connectivity index (χ1n) is 5.74. The molecule has 0 saturated carbocycles. The van der Waals surface area contributed by atoms with Crippen LogP contribution in [0.5, 0.6) is 11.5 Å². The molecule has 0 radical (unpaired) electrons. The van der Waals surface area contributed by atoms with Crippen molar-refractivity contribution in [2.24, 2.45) is 0 Å². The van der Waals surface area contributed by atoms with Gasteiger partial charge in [0.1, 0.15) is 18.1 Å². The van der Waals surface area contributed by atoms with Crippen LogP contribution in [-0.2, 0) is 9.53 Å². The summed E-state index contributed by atoms with van der Waals surface area (Å²) in [6.07, 6.45) is -2.58. The number of rotatable bonds is 7. The molecule has 1 aromatic rings. The predicted molar refractivity (Wildman–Crippen MR) is 67.2 cm³/mol. The highest BCUT2D eigenvalue weighted by Crippen LogP contribution is 2.25. The quantitative estimate of drug-likeness (QED) is 0.620. The summed E-state index contributed by atoms with van der Waals surface area (Å²) in [5.41, 5.74) is 0.365. The molecule has 1 aromatic carbocycles. The van der Waals surface area contributed by atoms with E-state index in [2.05, 4.69) is 4.74 Å². The van der Waals surface area contributed by atoms with E-state index in [1.165, 1.54) is 31.4 Å². The van der Waals surface area contributed by atoms with Gasteiger partial charge in [0.2, 0.25) is 0 Å². The van der Waals surface area contributed by atoms with Gasteiger partial charge < -0.3 is 14.6 Å². The highest BCUT2D eigenvalue weighted by atomic mass is 19.4. The van der Waals surface area contributed by atoms with Crippen LogP contribution in [0.15, 0.2) is 24.3 Å². The summed E-state index contributed by atoms with van der Waals surface area (Å²) in [4.78, 5) is 10.5. The number of benzene rings is 1. The van der Waals surface area contributed by atoms with Crippen molar-refractivity contribution in [2.75, 3.05) is 20.3 Å². The lowest BCUT2D eigenvalue weighted by Crippen LogP contribution is -2.18. The van der Waals surface area contributed by atoms with Crippen molar-refractivity contribution >= 4 is 12.0 Å². The Morgan fingerprint density at radius 3 is 2.62 bits per heavy atom. The molecule has 0 unspecified atom stereocenters. The predicted octanol–water partition coefficient (Wildman–Crippen LogP) is 2.71. The molecule has 8 heteroatoms. The summed E-state index contributed by atoms with van der Waals surface area (Å²) in [5, 5.41) is 8.59. The topological polar surface area (TPSA) is 65.0 Å². The van der Waals surface area contributed by atoms with Gasteiger partial charge in [-0.2, -0.15) is 0 Å². The maximum absolute atomic E-state index is 11.8. The molecule has 0 fully saturated rings. The fourth-order valence-electron chi connectivity index (χ4n) is 1.39. The van der Waals surface area contributed by atoms with Crippen molar-refractivity contribution in [2.45, 2.75) is 6.36 Å². The lowest BCUT2D eigenvalue weighted by molar-refractivity contribution is -0.325. The van der Waals surface area contributed by atoms with Gasteiger partial charge in [0.25, 0.3) is 0 Å². The molecular weight excluding hydrogens is 293 g/mol. The van der Waals surface area contributed by atoms with Crippen LogP contribution < -0.4 is 9.47 Å². The summed E-state index contributed by atoms with van der Waals surface area (Å²) < 4.78 is 49.1. The second kappa shape index (κ2) is 7.53. The van der Waals surface area contributed by atoms with Gasteiger partial charge in [-0.05, 0) is 24.3 Å². The Morgan fingerprint density at radius 2 is 2.05 bits per heavy atom. The first-order valence-corrected chi connectivity index (χ1v) is 5.74. The average molecular weight is 306 g/mol. The minimum Gasteiger partial charge on any atom is -0.497 e. The van der Waals surface area contributed by atoms with Crippen LogP contribution in [0.1, 0.15) is 5.56 Å². The van der Waals surface area contributed by atoms with Crippen LogP contribution in [0.3, 0.4) is 0 Å². The highest BCUT2D eigenvalue weighted by molar-refractivity contribution is 5.86. The second-order valence-corrected chi connectivity index (χ2v) is 3.72. The van der Waals surface area contributed by atoms with Gasteiger partial charge in [-0.3, -0.25) is 4.74 Å². The zero-order valence-corrected chi connectivity index (χ0v) is 11.0. The van der Waals surface area contributed by atoms with E-state index in [9.17, 15) is 18.0 Å². The number of carboxylic acids is 1. The molecule has 0 aliphatic rings. The van der Waals surface area contributed by atoms with Gasteiger partial charge in [0.15, 0.2) is 0 Å². The van der Waals surface area contributed by atoms with E-state index in [1.807, 2.05) is 0 Å². The summed E-state index contributed by atoms with van der Waals surface area (Å²) in [5.74, 6) is -0.484. The van der Waals surface area contributed by atoms with Crippen LogP contribution in [0.4, 0.5) is 13.2 Å². The molecule has 0 spiro atoms. The van der Waals surface area contributed by atoms with E-state index < -0.39 is 18.9 Å².